The maximum atomic E-state index is 13.6. The van der Waals surface area contributed by atoms with Gasteiger partial charge in [-0.2, -0.15) is 13.2 Å². The highest BCUT2D eigenvalue weighted by molar-refractivity contribution is 5.74. The molecule has 0 fully saturated rings. The Kier molecular flexibility index (Phi) is 5.98. The van der Waals surface area contributed by atoms with Gasteiger partial charge in [-0.1, -0.05) is 12.1 Å². The minimum Gasteiger partial charge on any atom is -0.382 e. The first-order valence-corrected chi connectivity index (χ1v) is 6.96. The molecule has 0 heterocycles. The molecule has 0 saturated carbocycles. The summed E-state index contributed by atoms with van der Waals surface area (Å²) >= 11 is 0. The number of aliphatic hydroxyl groups excluding tert-OH is 1. The molecule has 0 aliphatic rings. The van der Waals surface area contributed by atoms with Crippen molar-refractivity contribution in [2.24, 2.45) is 0 Å². The molecule has 4 nitrogen and oxygen atoms in total. The van der Waals surface area contributed by atoms with Gasteiger partial charge in [0.15, 0.2) is 6.10 Å². The number of amides is 2. The van der Waals surface area contributed by atoms with E-state index in [2.05, 4.69) is 5.32 Å². The van der Waals surface area contributed by atoms with Crippen LogP contribution in [0.25, 0.3) is 0 Å². The van der Waals surface area contributed by atoms with E-state index in [-0.39, 0.29) is 5.82 Å². The van der Waals surface area contributed by atoms with Gasteiger partial charge in [0.1, 0.15) is 5.82 Å². The van der Waals surface area contributed by atoms with Crippen LogP contribution in [0.4, 0.5) is 22.4 Å². The molecular formula is C15H20F4N2O2. The summed E-state index contributed by atoms with van der Waals surface area (Å²) in [7, 11) is 1.15. The third kappa shape index (κ3) is 5.09. The van der Waals surface area contributed by atoms with Crippen molar-refractivity contribution in [3.05, 3.63) is 34.6 Å². The molecule has 0 aromatic heterocycles. The van der Waals surface area contributed by atoms with Crippen molar-refractivity contribution in [1.29, 1.82) is 0 Å². The summed E-state index contributed by atoms with van der Waals surface area (Å²) in [6, 6.07) is 1.85. The SMILES string of the molecule is Cc1cc(C(C)NC(=O)N(C)CC(O)C(F)(F)F)cc(C)c1F. The van der Waals surface area contributed by atoms with Crippen molar-refractivity contribution in [1.82, 2.24) is 10.2 Å². The highest BCUT2D eigenvalue weighted by Crippen LogP contribution is 2.22. The van der Waals surface area contributed by atoms with Gasteiger partial charge in [-0.15, -0.1) is 0 Å². The van der Waals surface area contributed by atoms with Gasteiger partial charge in [0.05, 0.1) is 12.6 Å². The lowest BCUT2D eigenvalue weighted by atomic mass is 10.0. The third-order valence-corrected chi connectivity index (χ3v) is 3.47. The minimum atomic E-state index is -4.79. The second-order valence-corrected chi connectivity index (χ2v) is 5.58. The average molecular weight is 336 g/mol. The lowest BCUT2D eigenvalue weighted by Gasteiger charge is -2.25. The fraction of sp³-hybridized carbons (Fsp3) is 0.533. The maximum Gasteiger partial charge on any atom is 0.416 e. The minimum absolute atomic E-state index is 0.335. The van der Waals surface area contributed by atoms with Gasteiger partial charge < -0.3 is 15.3 Å². The van der Waals surface area contributed by atoms with Gasteiger partial charge in [-0.3, -0.25) is 0 Å². The van der Waals surface area contributed by atoms with E-state index < -0.39 is 30.9 Å². The zero-order valence-corrected chi connectivity index (χ0v) is 13.3. The van der Waals surface area contributed by atoms with E-state index in [1.807, 2.05) is 0 Å². The molecule has 0 bridgehead atoms. The molecule has 0 saturated heterocycles. The summed E-state index contributed by atoms with van der Waals surface area (Å²) in [5, 5.41) is 11.5. The van der Waals surface area contributed by atoms with Crippen molar-refractivity contribution >= 4 is 6.03 Å². The van der Waals surface area contributed by atoms with Crippen LogP contribution in [0.15, 0.2) is 12.1 Å². The molecule has 0 aliphatic heterocycles. The number of halogens is 4. The van der Waals surface area contributed by atoms with Gasteiger partial charge in [-0.25, -0.2) is 9.18 Å². The summed E-state index contributed by atoms with van der Waals surface area (Å²) < 4.78 is 50.4. The molecule has 0 spiro atoms. The Bertz CT molecular complexity index is 552. The second-order valence-electron chi connectivity index (χ2n) is 5.58. The number of carbonyl (C=O) groups is 1. The number of urea groups is 1. The Hall–Kier alpha value is -1.83. The molecule has 23 heavy (non-hydrogen) atoms. The number of carbonyl (C=O) groups excluding carboxylic acids is 1. The van der Waals surface area contributed by atoms with Crippen LogP contribution in [0.3, 0.4) is 0 Å². The molecule has 2 atom stereocenters. The number of nitrogens with zero attached hydrogens (tertiary/aromatic N) is 1. The van der Waals surface area contributed by atoms with Crippen LogP contribution >= 0.6 is 0 Å². The van der Waals surface area contributed by atoms with E-state index in [0.717, 1.165) is 11.9 Å². The molecule has 2 N–H and O–H groups in total. The smallest absolute Gasteiger partial charge is 0.382 e. The van der Waals surface area contributed by atoms with Crippen LogP contribution in [0.2, 0.25) is 0 Å². The van der Waals surface area contributed by atoms with Crippen LogP contribution < -0.4 is 5.32 Å². The Morgan fingerprint density at radius 3 is 2.22 bits per heavy atom. The lowest BCUT2D eigenvalue weighted by Crippen LogP contribution is -2.46. The van der Waals surface area contributed by atoms with Crippen LogP contribution in [0.1, 0.15) is 29.7 Å². The van der Waals surface area contributed by atoms with Gasteiger partial charge in [0.2, 0.25) is 0 Å². The largest absolute Gasteiger partial charge is 0.416 e. The van der Waals surface area contributed by atoms with Crippen LogP contribution in [-0.4, -0.2) is 41.9 Å². The Balaban J connectivity index is 2.73. The van der Waals surface area contributed by atoms with Crippen LogP contribution in [0, 0.1) is 19.7 Å². The molecule has 1 rings (SSSR count). The van der Waals surface area contributed by atoms with E-state index >= 15 is 0 Å². The molecular weight excluding hydrogens is 316 g/mol. The highest BCUT2D eigenvalue weighted by Gasteiger charge is 2.39. The van der Waals surface area contributed by atoms with E-state index in [9.17, 15) is 22.4 Å². The number of likely N-dealkylation sites (N-methyl/N-ethyl adjacent to an activating group) is 1. The monoisotopic (exact) mass is 336 g/mol. The molecule has 0 aliphatic carbocycles. The molecule has 130 valence electrons. The zero-order valence-electron chi connectivity index (χ0n) is 13.3. The maximum absolute atomic E-state index is 13.6. The van der Waals surface area contributed by atoms with Crippen molar-refractivity contribution < 1.29 is 27.5 Å². The second kappa shape index (κ2) is 7.16. The summed E-state index contributed by atoms with van der Waals surface area (Å²) in [5.74, 6) is -0.335. The standard InChI is InChI=1S/C15H20F4N2O2/c1-8-5-11(6-9(2)13(8)16)10(3)20-14(23)21(4)7-12(22)15(17,18)19/h5-6,10,12,22H,7H2,1-4H3,(H,20,23). The molecule has 1 aromatic carbocycles. The van der Waals surface area contributed by atoms with Gasteiger partial charge in [-0.05, 0) is 37.5 Å². The van der Waals surface area contributed by atoms with Crippen LogP contribution in [-0.2, 0) is 0 Å². The predicted molar refractivity (Wildman–Crippen MR) is 77.5 cm³/mol. The summed E-state index contributed by atoms with van der Waals surface area (Å²) in [4.78, 5) is 12.6. The molecule has 0 radical (unpaired) electrons. The predicted octanol–water partition coefficient (Wildman–Crippen LogP) is 3.07. The fourth-order valence-corrected chi connectivity index (χ4v) is 2.05. The van der Waals surface area contributed by atoms with Crippen molar-refractivity contribution in [3.8, 4) is 0 Å². The number of aryl methyl sites for hydroxylation is 2. The number of nitrogens with one attached hydrogen (secondary N) is 1. The summed E-state index contributed by atoms with van der Waals surface area (Å²) in [5.41, 5.74) is 1.48. The molecule has 1 aromatic rings. The highest BCUT2D eigenvalue weighted by atomic mass is 19.4. The summed E-state index contributed by atoms with van der Waals surface area (Å²) in [6.07, 6.45) is -7.39. The topological polar surface area (TPSA) is 52.6 Å². The number of hydrogen-bond acceptors (Lipinski definition) is 2. The normalized spacial score (nSPS) is 14.3. The number of aliphatic hydroxyl groups is 1. The first kappa shape index (κ1) is 19.2. The number of rotatable bonds is 4. The third-order valence-electron chi connectivity index (χ3n) is 3.47. The number of hydrogen-bond donors (Lipinski definition) is 2. The quantitative estimate of drug-likeness (QED) is 0.831. The van der Waals surface area contributed by atoms with E-state index in [1.54, 1.807) is 32.9 Å². The van der Waals surface area contributed by atoms with Gasteiger partial charge >= 0.3 is 12.2 Å². The van der Waals surface area contributed by atoms with Crippen LogP contribution in [0.5, 0.6) is 0 Å². The molecule has 2 amide bonds. The Morgan fingerprint density at radius 2 is 1.78 bits per heavy atom. The van der Waals surface area contributed by atoms with E-state index in [1.165, 1.54) is 0 Å². The Labute approximate surface area is 132 Å². The van der Waals surface area contributed by atoms with E-state index in [4.69, 9.17) is 5.11 Å². The van der Waals surface area contributed by atoms with Crippen molar-refractivity contribution in [3.63, 3.8) is 0 Å². The van der Waals surface area contributed by atoms with Crippen molar-refractivity contribution in [2.45, 2.75) is 39.1 Å². The molecule has 2 unspecified atom stereocenters. The number of alkyl halides is 3. The summed E-state index contributed by atoms with van der Waals surface area (Å²) in [6.45, 7) is 3.94. The fourth-order valence-electron chi connectivity index (χ4n) is 2.05. The van der Waals surface area contributed by atoms with Gasteiger partial charge in [0.25, 0.3) is 0 Å². The van der Waals surface area contributed by atoms with Crippen molar-refractivity contribution in [2.75, 3.05) is 13.6 Å². The van der Waals surface area contributed by atoms with E-state index in [0.29, 0.717) is 16.7 Å². The van der Waals surface area contributed by atoms with Gasteiger partial charge in [0, 0.05) is 7.05 Å². The first-order chi connectivity index (χ1) is 10.4. The number of benzene rings is 1. The molecule has 8 heteroatoms. The Morgan fingerprint density at radius 1 is 1.30 bits per heavy atom. The first-order valence-electron chi connectivity index (χ1n) is 6.96. The average Bonchev–Trinajstić information content (AvgIpc) is 2.42. The zero-order chi connectivity index (χ0) is 17.9. The lowest BCUT2D eigenvalue weighted by molar-refractivity contribution is -0.205.